The Morgan fingerprint density at radius 1 is 1.46 bits per heavy atom. The van der Waals surface area contributed by atoms with Gasteiger partial charge in [0.15, 0.2) is 0 Å². The Morgan fingerprint density at radius 2 is 2.31 bits per heavy atom. The van der Waals surface area contributed by atoms with Crippen LogP contribution in [0.3, 0.4) is 0 Å². The Balaban J connectivity index is 2.09. The van der Waals surface area contributed by atoms with E-state index in [1.54, 1.807) is 5.57 Å². The Hall–Kier alpha value is -0.340. The summed E-state index contributed by atoms with van der Waals surface area (Å²) in [6.07, 6.45) is 8.90. The van der Waals surface area contributed by atoms with Gasteiger partial charge in [-0.05, 0) is 25.2 Å². The van der Waals surface area contributed by atoms with E-state index in [0.29, 0.717) is 6.04 Å². The van der Waals surface area contributed by atoms with Crippen molar-refractivity contribution in [1.82, 2.24) is 5.01 Å². The summed E-state index contributed by atoms with van der Waals surface area (Å²) >= 11 is 0. The molecule has 74 valence electrons. The fraction of sp³-hybridized carbons (Fsp3) is 0.818. The largest absolute Gasteiger partial charge is 0.268 e. The van der Waals surface area contributed by atoms with E-state index < -0.39 is 0 Å². The number of hydrogen-bond donors (Lipinski definition) is 1. The predicted octanol–water partition coefficient (Wildman–Crippen LogP) is 2.07. The number of nitrogens with two attached hydrogens (primary N) is 1. The first kappa shape index (κ1) is 9.22. The first-order valence-corrected chi connectivity index (χ1v) is 5.47. The van der Waals surface area contributed by atoms with Crippen LogP contribution in [0.25, 0.3) is 0 Å². The lowest BCUT2D eigenvalue weighted by Gasteiger charge is -2.23. The van der Waals surface area contributed by atoms with Crippen LogP contribution in [0, 0.1) is 5.92 Å². The van der Waals surface area contributed by atoms with E-state index >= 15 is 0 Å². The van der Waals surface area contributed by atoms with Crippen molar-refractivity contribution < 1.29 is 0 Å². The summed E-state index contributed by atoms with van der Waals surface area (Å²) in [5.74, 6) is 6.81. The Labute approximate surface area is 80.8 Å². The monoisotopic (exact) mass is 180 g/mol. The fourth-order valence-electron chi connectivity index (χ4n) is 2.51. The van der Waals surface area contributed by atoms with Crippen LogP contribution in [0.15, 0.2) is 11.6 Å². The average Bonchev–Trinajstić information content (AvgIpc) is 2.41. The van der Waals surface area contributed by atoms with Gasteiger partial charge in [-0.1, -0.05) is 31.4 Å². The lowest BCUT2D eigenvalue weighted by atomic mass is 9.91. The van der Waals surface area contributed by atoms with Crippen LogP contribution in [0.4, 0.5) is 0 Å². The van der Waals surface area contributed by atoms with Gasteiger partial charge in [-0.3, -0.25) is 5.84 Å². The Morgan fingerprint density at radius 3 is 3.15 bits per heavy atom. The van der Waals surface area contributed by atoms with Crippen molar-refractivity contribution in [2.75, 3.05) is 6.54 Å². The fourth-order valence-corrected chi connectivity index (χ4v) is 2.51. The summed E-state index contributed by atoms with van der Waals surface area (Å²) in [5.41, 5.74) is 1.61. The van der Waals surface area contributed by atoms with Crippen LogP contribution in [0.5, 0.6) is 0 Å². The van der Waals surface area contributed by atoms with Gasteiger partial charge in [0, 0.05) is 12.6 Å². The highest BCUT2D eigenvalue weighted by Gasteiger charge is 2.27. The summed E-state index contributed by atoms with van der Waals surface area (Å²) in [7, 11) is 0. The molecule has 0 aromatic carbocycles. The van der Waals surface area contributed by atoms with Crippen molar-refractivity contribution in [2.24, 2.45) is 11.8 Å². The van der Waals surface area contributed by atoms with Crippen molar-refractivity contribution in [3.8, 4) is 0 Å². The van der Waals surface area contributed by atoms with Crippen LogP contribution in [0.1, 0.15) is 39.0 Å². The van der Waals surface area contributed by atoms with E-state index in [2.05, 4.69) is 13.0 Å². The minimum Gasteiger partial charge on any atom is -0.268 e. The molecule has 0 radical (unpaired) electrons. The molecular weight excluding hydrogens is 160 g/mol. The summed E-state index contributed by atoms with van der Waals surface area (Å²) in [6, 6.07) is 0.576. The van der Waals surface area contributed by atoms with E-state index in [1.165, 1.54) is 32.1 Å². The number of nitrogens with zero attached hydrogens (tertiary/aromatic N) is 1. The summed E-state index contributed by atoms with van der Waals surface area (Å²) < 4.78 is 0. The SMILES string of the molecule is CC1C/C=C2\CCN(N)[C@H]2CCC1. The van der Waals surface area contributed by atoms with E-state index in [0.717, 1.165) is 12.5 Å². The van der Waals surface area contributed by atoms with Gasteiger partial charge in [0.25, 0.3) is 0 Å². The molecule has 2 rings (SSSR count). The molecule has 1 heterocycles. The van der Waals surface area contributed by atoms with Crippen molar-refractivity contribution in [3.63, 3.8) is 0 Å². The van der Waals surface area contributed by atoms with Crippen LogP contribution >= 0.6 is 0 Å². The van der Waals surface area contributed by atoms with Crippen LogP contribution in [-0.2, 0) is 0 Å². The minimum absolute atomic E-state index is 0.576. The molecule has 0 aromatic heterocycles. The molecule has 0 saturated carbocycles. The van der Waals surface area contributed by atoms with Crippen molar-refractivity contribution >= 4 is 0 Å². The van der Waals surface area contributed by atoms with Gasteiger partial charge in [-0.15, -0.1) is 0 Å². The molecule has 0 spiro atoms. The smallest absolute Gasteiger partial charge is 0.0451 e. The number of rotatable bonds is 0. The highest BCUT2D eigenvalue weighted by atomic mass is 15.4. The first-order chi connectivity index (χ1) is 6.27. The van der Waals surface area contributed by atoms with Gasteiger partial charge in [0.05, 0.1) is 0 Å². The molecule has 2 heteroatoms. The zero-order chi connectivity index (χ0) is 9.26. The molecule has 2 N–H and O–H groups in total. The molecule has 2 atom stereocenters. The van der Waals surface area contributed by atoms with Crippen LogP contribution in [-0.4, -0.2) is 17.6 Å². The minimum atomic E-state index is 0.576. The number of allylic oxidation sites excluding steroid dienone is 1. The van der Waals surface area contributed by atoms with E-state index in [-0.39, 0.29) is 0 Å². The van der Waals surface area contributed by atoms with E-state index in [1.807, 2.05) is 5.01 Å². The number of hydrazine groups is 1. The second-order valence-corrected chi connectivity index (χ2v) is 4.55. The zero-order valence-electron chi connectivity index (χ0n) is 8.50. The van der Waals surface area contributed by atoms with Gasteiger partial charge < -0.3 is 0 Å². The maximum atomic E-state index is 5.94. The van der Waals surface area contributed by atoms with Crippen molar-refractivity contribution in [1.29, 1.82) is 0 Å². The molecule has 0 bridgehead atoms. The summed E-state index contributed by atoms with van der Waals surface area (Å²) in [4.78, 5) is 0. The van der Waals surface area contributed by atoms with Gasteiger partial charge in [-0.2, -0.15) is 0 Å². The standard InChI is InChI=1S/C11H20N2/c1-9-3-2-4-11-10(6-5-9)7-8-13(11)12/h6,9,11H,2-5,7-8,12H2,1H3/b10-6+/t9?,11-/m0/s1. The lowest BCUT2D eigenvalue weighted by Crippen LogP contribution is -2.36. The van der Waals surface area contributed by atoms with Gasteiger partial charge in [0.2, 0.25) is 0 Å². The summed E-state index contributed by atoms with van der Waals surface area (Å²) in [5, 5.41) is 2.03. The highest BCUT2D eigenvalue weighted by molar-refractivity contribution is 5.16. The Kier molecular flexibility index (Phi) is 2.70. The predicted molar refractivity (Wildman–Crippen MR) is 55.0 cm³/mol. The molecule has 2 aliphatic rings. The van der Waals surface area contributed by atoms with Gasteiger partial charge in [-0.25, -0.2) is 5.01 Å². The van der Waals surface area contributed by atoms with Crippen molar-refractivity contribution in [2.45, 2.75) is 45.1 Å². The quantitative estimate of drug-likeness (QED) is 0.457. The van der Waals surface area contributed by atoms with Crippen LogP contribution in [0.2, 0.25) is 0 Å². The van der Waals surface area contributed by atoms with Gasteiger partial charge >= 0.3 is 0 Å². The molecule has 1 aliphatic heterocycles. The third kappa shape index (κ3) is 1.94. The zero-order valence-corrected chi connectivity index (χ0v) is 8.50. The van der Waals surface area contributed by atoms with Gasteiger partial charge in [0.1, 0.15) is 0 Å². The third-order valence-corrected chi connectivity index (χ3v) is 3.44. The lowest BCUT2D eigenvalue weighted by molar-refractivity contribution is 0.256. The maximum Gasteiger partial charge on any atom is 0.0451 e. The summed E-state index contributed by atoms with van der Waals surface area (Å²) in [6.45, 7) is 3.41. The molecule has 0 amide bonds. The second kappa shape index (κ2) is 3.81. The number of fused-ring (bicyclic) bond motifs is 1. The molecule has 13 heavy (non-hydrogen) atoms. The average molecular weight is 180 g/mol. The first-order valence-electron chi connectivity index (χ1n) is 5.47. The van der Waals surface area contributed by atoms with Crippen molar-refractivity contribution in [3.05, 3.63) is 11.6 Å². The topological polar surface area (TPSA) is 29.3 Å². The number of hydrogen-bond acceptors (Lipinski definition) is 2. The van der Waals surface area contributed by atoms with E-state index in [9.17, 15) is 0 Å². The molecule has 1 aliphatic carbocycles. The highest BCUT2D eigenvalue weighted by Crippen LogP contribution is 2.29. The molecule has 1 fully saturated rings. The molecule has 2 nitrogen and oxygen atoms in total. The molecule has 1 unspecified atom stereocenters. The van der Waals surface area contributed by atoms with Crippen LogP contribution < -0.4 is 5.84 Å². The third-order valence-electron chi connectivity index (χ3n) is 3.44. The second-order valence-electron chi connectivity index (χ2n) is 4.55. The Bertz CT molecular complexity index is 210. The van der Waals surface area contributed by atoms with E-state index in [4.69, 9.17) is 5.84 Å². The molecule has 1 saturated heterocycles. The molecular formula is C11H20N2. The molecule has 0 aromatic rings. The normalized spacial score (nSPS) is 40.3. The maximum absolute atomic E-state index is 5.94.